The molecule has 2 N–H and O–H groups in total. The lowest BCUT2D eigenvalue weighted by Gasteiger charge is -2.31. The molecule has 1 saturated carbocycles. The van der Waals surface area contributed by atoms with Crippen LogP contribution in [0.4, 0.5) is 14.4 Å². The summed E-state index contributed by atoms with van der Waals surface area (Å²) in [5.41, 5.74) is -0.471. The van der Waals surface area contributed by atoms with Crippen molar-refractivity contribution < 1.29 is 33.1 Å². The molecule has 2 saturated heterocycles. The summed E-state index contributed by atoms with van der Waals surface area (Å²) in [7, 11) is 0. The molecule has 3 fully saturated rings. The number of hydrogen-bond acceptors (Lipinski definition) is 10. The minimum atomic E-state index is -0.750. The van der Waals surface area contributed by atoms with Crippen LogP contribution < -0.4 is 10.6 Å². The second-order valence-electron chi connectivity index (χ2n) is 13.3. The highest BCUT2D eigenvalue weighted by molar-refractivity contribution is 6.01. The lowest BCUT2D eigenvalue weighted by Crippen LogP contribution is -2.48. The van der Waals surface area contributed by atoms with Crippen LogP contribution in [-0.4, -0.2) is 74.2 Å². The molecule has 1 aliphatic carbocycles. The van der Waals surface area contributed by atoms with Gasteiger partial charge in [-0.3, -0.25) is 15.5 Å². The molecule has 4 amide bonds. The Hall–Kier alpha value is -4.20. The van der Waals surface area contributed by atoms with Crippen molar-refractivity contribution in [3.63, 3.8) is 0 Å². The third kappa shape index (κ3) is 7.84. The summed E-state index contributed by atoms with van der Waals surface area (Å²) in [4.78, 5) is 50.1. The number of aromatic nitrogens is 2. The molecule has 3 aliphatic rings. The predicted octanol–water partition coefficient (Wildman–Crippen LogP) is 4.79. The average Bonchev–Trinajstić information content (AvgIpc) is 3.46. The van der Waals surface area contributed by atoms with E-state index in [0.717, 1.165) is 12.0 Å². The van der Waals surface area contributed by atoms with Crippen LogP contribution in [0.3, 0.4) is 0 Å². The lowest BCUT2D eigenvalue weighted by molar-refractivity contribution is -0.140. The third-order valence-corrected chi connectivity index (χ3v) is 7.29. The largest absolute Gasteiger partial charge is 0.444 e. The number of aliphatic imine (C=N–C) groups is 1. The van der Waals surface area contributed by atoms with Crippen LogP contribution in [-0.2, 0) is 20.9 Å². The van der Waals surface area contributed by atoms with Crippen molar-refractivity contribution in [1.82, 2.24) is 30.8 Å². The van der Waals surface area contributed by atoms with Crippen molar-refractivity contribution >= 4 is 24.2 Å². The van der Waals surface area contributed by atoms with E-state index in [2.05, 4.69) is 25.8 Å². The maximum Gasteiger partial charge on any atom is 0.414 e. The summed E-state index contributed by atoms with van der Waals surface area (Å²) in [6.07, 6.45) is 1.08. The molecule has 2 bridgehead atoms. The van der Waals surface area contributed by atoms with Crippen molar-refractivity contribution in [3.05, 3.63) is 47.7 Å². The van der Waals surface area contributed by atoms with Crippen LogP contribution in [0, 0.1) is 0 Å². The van der Waals surface area contributed by atoms with Crippen LogP contribution in [0.2, 0.25) is 0 Å². The van der Waals surface area contributed by atoms with Gasteiger partial charge >= 0.3 is 18.2 Å². The number of piperidine rings is 1. The first kappa shape index (κ1) is 31.2. The smallest absolute Gasteiger partial charge is 0.414 e. The van der Waals surface area contributed by atoms with E-state index in [9.17, 15) is 14.4 Å². The van der Waals surface area contributed by atoms with Crippen LogP contribution in [0.1, 0.15) is 96.5 Å². The van der Waals surface area contributed by atoms with Gasteiger partial charge in [-0.05, 0) is 72.8 Å². The number of urea groups is 1. The zero-order chi connectivity index (χ0) is 31.6. The molecular weight excluding hydrogens is 570 g/mol. The number of amides is 4. The van der Waals surface area contributed by atoms with Gasteiger partial charge in [0.2, 0.25) is 17.7 Å². The van der Waals surface area contributed by atoms with E-state index in [0.29, 0.717) is 44.2 Å². The normalized spacial score (nSPS) is 23.1. The van der Waals surface area contributed by atoms with E-state index in [1.54, 1.807) is 46.4 Å². The van der Waals surface area contributed by atoms with E-state index >= 15 is 0 Å². The van der Waals surface area contributed by atoms with Gasteiger partial charge < -0.3 is 18.8 Å². The summed E-state index contributed by atoms with van der Waals surface area (Å²) < 4.78 is 16.7. The van der Waals surface area contributed by atoms with Gasteiger partial charge in [-0.25, -0.2) is 19.4 Å². The Morgan fingerprint density at radius 1 is 0.955 bits per heavy atom. The summed E-state index contributed by atoms with van der Waals surface area (Å²) in [6, 6.07) is 8.98. The number of alkyl carbamates (subject to hydrolysis) is 2. The molecule has 0 radical (unpaired) electrons. The van der Waals surface area contributed by atoms with Gasteiger partial charge in [0.25, 0.3) is 0 Å². The fraction of sp³-hybridized carbons (Fsp3) is 0.600. The van der Waals surface area contributed by atoms with Crippen molar-refractivity contribution in [1.29, 1.82) is 0 Å². The first-order chi connectivity index (χ1) is 20.7. The van der Waals surface area contributed by atoms with E-state index in [4.69, 9.17) is 18.7 Å². The number of ether oxygens (including phenoxy) is 2. The summed E-state index contributed by atoms with van der Waals surface area (Å²) in [6.45, 7) is 11.3. The number of hydroxylamine groups is 2. The van der Waals surface area contributed by atoms with Gasteiger partial charge in [-0.2, -0.15) is 5.06 Å². The molecule has 238 valence electrons. The number of nitrogens with one attached hydrogen (secondary N) is 2. The number of fused-ring (bicyclic) bond motifs is 2. The Morgan fingerprint density at radius 3 is 2.18 bits per heavy atom. The SMILES string of the molecule is CC(C)(C)OC(=O)NC(=NC1CC(c2nnc([C@@H]3CCC4CN3C(=O)N4OCc3ccccc3)o2)C1)NC(=O)OC(C)(C)C. The Kier molecular flexibility index (Phi) is 8.82. The van der Waals surface area contributed by atoms with Crippen LogP contribution in [0.15, 0.2) is 39.7 Å². The van der Waals surface area contributed by atoms with E-state index < -0.39 is 23.4 Å². The average molecular weight is 612 g/mol. The van der Waals surface area contributed by atoms with Crippen molar-refractivity contribution in [2.75, 3.05) is 6.54 Å². The van der Waals surface area contributed by atoms with Gasteiger partial charge in [0.15, 0.2) is 0 Å². The van der Waals surface area contributed by atoms with Gasteiger partial charge in [-0.15, -0.1) is 10.2 Å². The number of carbonyl (C=O) groups is 3. The van der Waals surface area contributed by atoms with Crippen molar-refractivity contribution in [3.8, 4) is 0 Å². The highest BCUT2D eigenvalue weighted by Gasteiger charge is 2.48. The standard InChI is InChI=1S/C30H41N7O7/c1-29(2,3)43-26(38)32-25(33-27(39)44-30(4,5)6)31-20-14-19(15-20)23-34-35-24(42-23)22-13-12-21-16-36(22)28(40)37(21)41-17-18-10-8-7-9-11-18/h7-11,19-22H,12-17H2,1-6H3,(H2,31,32,33,38,39)/t19?,20?,21?,22-/m0/s1. The molecule has 5 rings (SSSR count). The van der Waals surface area contributed by atoms with Gasteiger partial charge in [0, 0.05) is 12.5 Å². The third-order valence-electron chi connectivity index (χ3n) is 7.29. The van der Waals surface area contributed by atoms with E-state index in [-0.39, 0.29) is 36.0 Å². The van der Waals surface area contributed by atoms with E-state index in [1.807, 2.05) is 30.3 Å². The summed E-state index contributed by atoms with van der Waals surface area (Å²) in [5, 5.41) is 15.1. The molecule has 2 aromatic rings. The Balaban J connectivity index is 1.18. The highest BCUT2D eigenvalue weighted by Crippen LogP contribution is 2.41. The fourth-order valence-electron chi connectivity index (χ4n) is 5.29. The molecule has 14 heteroatoms. The van der Waals surface area contributed by atoms with Crippen LogP contribution >= 0.6 is 0 Å². The van der Waals surface area contributed by atoms with Crippen molar-refractivity contribution in [2.24, 2.45) is 4.99 Å². The number of benzene rings is 1. The number of nitrogens with zero attached hydrogens (tertiary/aromatic N) is 5. The van der Waals surface area contributed by atoms with Gasteiger partial charge in [0.05, 0.1) is 12.1 Å². The summed E-state index contributed by atoms with van der Waals surface area (Å²) >= 11 is 0. The van der Waals surface area contributed by atoms with E-state index in [1.165, 1.54) is 5.06 Å². The maximum atomic E-state index is 13.2. The first-order valence-electron chi connectivity index (χ1n) is 14.9. The number of carbonyl (C=O) groups excluding carboxylic acids is 3. The molecule has 14 nitrogen and oxygen atoms in total. The zero-order valence-corrected chi connectivity index (χ0v) is 26.0. The quantitative estimate of drug-likeness (QED) is 0.346. The molecule has 2 aliphatic heterocycles. The molecule has 44 heavy (non-hydrogen) atoms. The van der Waals surface area contributed by atoms with Crippen molar-refractivity contribution in [2.45, 2.75) is 109 Å². The minimum absolute atomic E-state index is 0.0205. The summed E-state index contributed by atoms with van der Waals surface area (Å²) in [5.74, 6) is 0.763. The Labute approximate surface area is 256 Å². The predicted molar refractivity (Wildman–Crippen MR) is 157 cm³/mol. The molecule has 3 heterocycles. The Morgan fingerprint density at radius 2 is 1.57 bits per heavy atom. The molecule has 1 aromatic carbocycles. The zero-order valence-electron chi connectivity index (χ0n) is 26.0. The molecule has 1 aromatic heterocycles. The monoisotopic (exact) mass is 611 g/mol. The highest BCUT2D eigenvalue weighted by atomic mass is 16.7. The van der Waals surface area contributed by atoms with Gasteiger partial charge in [-0.1, -0.05) is 30.3 Å². The molecule has 1 unspecified atom stereocenters. The minimum Gasteiger partial charge on any atom is -0.444 e. The number of hydrogen-bond donors (Lipinski definition) is 2. The van der Waals surface area contributed by atoms with Crippen LogP contribution in [0.25, 0.3) is 0 Å². The second-order valence-corrected chi connectivity index (χ2v) is 13.3. The maximum absolute atomic E-state index is 13.2. The van der Waals surface area contributed by atoms with Crippen LogP contribution in [0.5, 0.6) is 0 Å². The fourth-order valence-corrected chi connectivity index (χ4v) is 5.29. The molecule has 0 spiro atoms. The number of guanidine groups is 1. The Bertz CT molecular complexity index is 1340. The second kappa shape index (κ2) is 12.4. The first-order valence-corrected chi connectivity index (χ1v) is 14.9. The lowest BCUT2D eigenvalue weighted by atomic mass is 9.80. The molecular formula is C30H41N7O7. The topological polar surface area (TPSA) is 161 Å². The van der Waals surface area contributed by atoms with Gasteiger partial charge in [0.1, 0.15) is 23.9 Å². The molecule has 2 atom stereocenters. The number of rotatable bonds is 6.